The number of para-hydroxylation sites is 1. The SMILES string of the molecule is Cc1ccncc1-c1ccc2[nH]nc(-c3nc4c(-c5cc(O)cc(F)c5)cccc4[nH]3)c2n1. The first-order valence-corrected chi connectivity index (χ1v) is 10.3. The first-order chi connectivity index (χ1) is 16.1. The van der Waals surface area contributed by atoms with Gasteiger partial charge in [-0.2, -0.15) is 5.10 Å². The van der Waals surface area contributed by atoms with Crippen molar-refractivity contribution in [3.05, 3.63) is 78.4 Å². The summed E-state index contributed by atoms with van der Waals surface area (Å²) in [6.07, 6.45) is 3.55. The molecule has 0 saturated heterocycles. The van der Waals surface area contributed by atoms with Crippen molar-refractivity contribution in [3.8, 4) is 39.7 Å². The van der Waals surface area contributed by atoms with Crippen molar-refractivity contribution in [3.63, 3.8) is 0 Å². The van der Waals surface area contributed by atoms with Crippen molar-refractivity contribution >= 4 is 22.1 Å². The zero-order valence-corrected chi connectivity index (χ0v) is 17.5. The first-order valence-electron chi connectivity index (χ1n) is 10.3. The summed E-state index contributed by atoms with van der Waals surface area (Å²) >= 11 is 0. The van der Waals surface area contributed by atoms with Crippen molar-refractivity contribution in [1.29, 1.82) is 0 Å². The molecule has 7 nitrogen and oxygen atoms in total. The highest BCUT2D eigenvalue weighted by Gasteiger charge is 2.17. The lowest BCUT2D eigenvalue weighted by atomic mass is 10.0. The lowest BCUT2D eigenvalue weighted by Crippen LogP contribution is -1.90. The van der Waals surface area contributed by atoms with Crippen LogP contribution in [-0.4, -0.2) is 35.2 Å². The molecule has 160 valence electrons. The molecular formula is C25H17FN6O. The molecule has 2 aromatic carbocycles. The molecule has 33 heavy (non-hydrogen) atoms. The van der Waals surface area contributed by atoms with Crippen molar-refractivity contribution in [2.24, 2.45) is 0 Å². The van der Waals surface area contributed by atoms with Crippen molar-refractivity contribution in [1.82, 2.24) is 30.1 Å². The number of aromatic hydroxyl groups is 1. The highest BCUT2D eigenvalue weighted by Crippen LogP contribution is 2.33. The molecule has 0 spiro atoms. The Morgan fingerprint density at radius 3 is 2.67 bits per heavy atom. The molecule has 0 unspecified atom stereocenters. The number of aromatic nitrogens is 6. The van der Waals surface area contributed by atoms with Gasteiger partial charge in [0, 0.05) is 29.6 Å². The molecule has 0 aliphatic rings. The summed E-state index contributed by atoms with van der Waals surface area (Å²) in [5, 5.41) is 17.3. The number of H-pyrrole nitrogens is 2. The predicted octanol–water partition coefficient (Wildman–Crippen LogP) is 5.38. The lowest BCUT2D eigenvalue weighted by molar-refractivity contribution is 0.469. The van der Waals surface area contributed by atoms with Gasteiger partial charge in [0.2, 0.25) is 0 Å². The van der Waals surface area contributed by atoms with Gasteiger partial charge in [-0.3, -0.25) is 10.1 Å². The number of aromatic amines is 2. The Morgan fingerprint density at radius 1 is 0.909 bits per heavy atom. The maximum absolute atomic E-state index is 13.9. The fourth-order valence-electron chi connectivity index (χ4n) is 4.05. The van der Waals surface area contributed by atoms with Gasteiger partial charge >= 0.3 is 0 Å². The fourth-order valence-corrected chi connectivity index (χ4v) is 4.05. The summed E-state index contributed by atoms with van der Waals surface area (Å²) in [5.41, 5.74) is 7.51. The standard InChI is InChI=1S/C25H17FN6O/c1-13-7-8-27-12-18(13)19-5-6-21-23(28-19)24(32-31-21)25-29-20-4-2-3-17(22(20)30-25)14-9-15(26)11-16(33)10-14/h2-12,33H,1H3,(H,29,30)(H,31,32). The summed E-state index contributed by atoms with van der Waals surface area (Å²) in [7, 11) is 0. The van der Waals surface area contributed by atoms with Crippen LogP contribution in [0, 0.1) is 12.7 Å². The van der Waals surface area contributed by atoms with E-state index in [1.807, 2.05) is 43.3 Å². The number of phenolic OH excluding ortho intramolecular Hbond substituents is 1. The molecule has 0 fully saturated rings. The molecule has 8 heteroatoms. The number of halogens is 1. The summed E-state index contributed by atoms with van der Waals surface area (Å²) in [6, 6.07) is 15.4. The van der Waals surface area contributed by atoms with E-state index in [2.05, 4.69) is 20.2 Å². The molecule has 4 aromatic heterocycles. The molecule has 0 aliphatic heterocycles. The van der Waals surface area contributed by atoms with Gasteiger partial charge in [-0.15, -0.1) is 0 Å². The Labute approximate surface area is 187 Å². The lowest BCUT2D eigenvalue weighted by Gasteiger charge is -2.04. The topological polar surface area (TPSA) is 103 Å². The van der Waals surface area contributed by atoms with Gasteiger partial charge in [-0.1, -0.05) is 12.1 Å². The second kappa shape index (κ2) is 7.23. The number of aryl methyl sites for hydroxylation is 1. The molecule has 3 N–H and O–H groups in total. The second-order valence-corrected chi connectivity index (χ2v) is 7.84. The number of hydrogen-bond acceptors (Lipinski definition) is 5. The third kappa shape index (κ3) is 3.20. The van der Waals surface area contributed by atoms with E-state index in [1.54, 1.807) is 12.4 Å². The van der Waals surface area contributed by atoms with Crippen LogP contribution in [0.1, 0.15) is 5.56 Å². The van der Waals surface area contributed by atoms with E-state index < -0.39 is 5.82 Å². The quantitative estimate of drug-likeness (QED) is 0.345. The van der Waals surface area contributed by atoms with Crippen LogP contribution < -0.4 is 0 Å². The summed E-state index contributed by atoms with van der Waals surface area (Å²) < 4.78 is 13.9. The molecule has 6 aromatic rings. The minimum absolute atomic E-state index is 0.140. The molecular weight excluding hydrogens is 419 g/mol. The van der Waals surface area contributed by atoms with Crippen molar-refractivity contribution in [2.75, 3.05) is 0 Å². The first kappa shape index (κ1) is 19.1. The number of hydrogen-bond donors (Lipinski definition) is 3. The highest BCUT2D eigenvalue weighted by atomic mass is 19.1. The van der Waals surface area contributed by atoms with Gasteiger partial charge in [0.05, 0.1) is 22.2 Å². The zero-order valence-electron chi connectivity index (χ0n) is 17.5. The highest BCUT2D eigenvalue weighted by molar-refractivity contribution is 5.96. The van der Waals surface area contributed by atoms with Gasteiger partial charge in [-0.05, 0) is 54.4 Å². The van der Waals surface area contributed by atoms with Crippen molar-refractivity contribution < 1.29 is 9.50 Å². The van der Waals surface area contributed by atoms with Gasteiger partial charge < -0.3 is 10.1 Å². The number of nitrogens with zero attached hydrogens (tertiary/aromatic N) is 4. The number of benzene rings is 2. The third-order valence-corrected chi connectivity index (χ3v) is 5.65. The maximum Gasteiger partial charge on any atom is 0.161 e. The van der Waals surface area contributed by atoms with Crippen LogP contribution in [0.15, 0.2) is 67.0 Å². The predicted molar refractivity (Wildman–Crippen MR) is 124 cm³/mol. The maximum atomic E-state index is 13.9. The summed E-state index contributed by atoms with van der Waals surface area (Å²) in [4.78, 5) is 17.1. The van der Waals surface area contributed by atoms with Crippen LogP contribution in [-0.2, 0) is 0 Å². The van der Waals surface area contributed by atoms with Gasteiger partial charge in [0.25, 0.3) is 0 Å². The smallest absolute Gasteiger partial charge is 0.161 e. The van der Waals surface area contributed by atoms with E-state index in [0.717, 1.165) is 33.9 Å². The van der Waals surface area contributed by atoms with Crippen LogP contribution in [0.3, 0.4) is 0 Å². The number of rotatable bonds is 3. The summed E-state index contributed by atoms with van der Waals surface area (Å²) in [6.45, 7) is 2.02. The van der Waals surface area contributed by atoms with E-state index in [0.29, 0.717) is 33.7 Å². The van der Waals surface area contributed by atoms with Crippen LogP contribution in [0.5, 0.6) is 5.75 Å². The normalized spacial score (nSPS) is 11.5. The van der Waals surface area contributed by atoms with E-state index in [1.165, 1.54) is 12.1 Å². The van der Waals surface area contributed by atoms with Crippen LogP contribution in [0.4, 0.5) is 4.39 Å². The van der Waals surface area contributed by atoms with E-state index >= 15 is 0 Å². The number of phenols is 1. The van der Waals surface area contributed by atoms with Crippen LogP contribution in [0.2, 0.25) is 0 Å². The minimum Gasteiger partial charge on any atom is -0.508 e. The molecule has 0 radical (unpaired) electrons. The Hall–Kier alpha value is -4.59. The van der Waals surface area contributed by atoms with Gasteiger partial charge in [0.1, 0.15) is 17.1 Å². The Kier molecular flexibility index (Phi) is 4.19. The third-order valence-electron chi connectivity index (χ3n) is 5.65. The van der Waals surface area contributed by atoms with E-state index in [4.69, 9.17) is 9.97 Å². The Bertz CT molecular complexity index is 1650. The second-order valence-electron chi connectivity index (χ2n) is 7.84. The number of imidazole rings is 1. The van der Waals surface area contributed by atoms with Crippen LogP contribution >= 0.6 is 0 Å². The Morgan fingerprint density at radius 2 is 1.82 bits per heavy atom. The largest absolute Gasteiger partial charge is 0.508 e. The molecule has 0 bridgehead atoms. The fraction of sp³-hybridized carbons (Fsp3) is 0.0400. The van der Waals surface area contributed by atoms with Crippen molar-refractivity contribution in [2.45, 2.75) is 6.92 Å². The summed E-state index contributed by atoms with van der Waals surface area (Å²) in [5.74, 6) is -0.117. The zero-order chi connectivity index (χ0) is 22.5. The van der Waals surface area contributed by atoms with E-state index in [9.17, 15) is 9.50 Å². The number of fused-ring (bicyclic) bond motifs is 2. The molecule has 0 aliphatic carbocycles. The monoisotopic (exact) mass is 436 g/mol. The average molecular weight is 436 g/mol. The molecule has 4 heterocycles. The van der Waals surface area contributed by atoms with Gasteiger partial charge in [-0.25, -0.2) is 14.4 Å². The molecule has 0 amide bonds. The average Bonchev–Trinajstić information content (AvgIpc) is 3.42. The van der Waals surface area contributed by atoms with E-state index in [-0.39, 0.29) is 5.75 Å². The van der Waals surface area contributed by atoms with Crippen LogP contribution in [0.25, 0.3) is 56.0 Å². The number of nitrogens with one attached hydrogen (secondary N) is 2. The Balaban J connectivity index is 1.52. The minimum atomic E-state index is -0.515. The molecule has 0 saturated carbocycles. The van der Waals surface area contributed by atoms with Gasteiger partial charge in [0.15, 0.2) is 11.5 Å². The molecule has 6 rings (SSSR count). The molecule has 0 atom stereocenters. The number of pyridine rings is 2.